The van der Waals surface area contributed by atoms with E-state index in [1.54, 1.807) is 19.2 Å². The van der Waals surface area contributed by atoms with Gasteiger partial charge in [-0.2, -0.15) is 0 Å². The third kappa shape index (κ3) is 2.18. The molecule has 1 unspecified atom stereocenters. The third-order valence-corrected chi connectivity index (χ3v) is 2.50. The molecule has 0 radical (unpaired) electrons. The van der Waals surface area contributed by atoms with E-state index < -0.39 is 6.10 Å². The zero-order valence-corrected chi connectivity index (χ0v) is 9.01. The molecule has 0 spiro atoms. The van der Waals surface area contributed by atoms with Gasteiger partial charge in [0.05, 0.1) is 13.2 Å². The predicted molar refractivity (Wildman–Crippen MR) is 56.8 cm³/mol. The maximum Gasteiger partial charge on any atom is 0.125 e. The molecule has 0 saturated carbocycles. The summed E-state index contributed by atoms with van der Waals surface area (Å²) in [6.07, 6.45) is -0.733. The Morgan fingerprint density at radius 1 is 1.57 bits per heavy atom. The van der Waals surface area contributed by atoms with Gasteiger partial charge in [0, 0.05) is 17.1 Å². The lowest BCUT2D eigenvalue weighted by Gasteiger charge is -2.14. The van der Waals surface area contributed by atoms with Crippen LogP contribution in [-0.4, -0.2) is 18.8 Å². The number of aliphatic hydroxyl groups is 1. The number of halogens is 1. The fourth-order valence-corrected chi connectivity index (χ4v) is 1.41. The van der Waals surface area contributed by atoms with E-state index in [1.807, 2.05) is 6.92 Å². The number of aliphatic hydroxyl groups excluding tert-OH is 1. The Hall–Kier alpha value is -0.770. The minimum atomic E-state index is -0.733. The molecule has 1 aromatic rings. The number of methoxy groups -OCH3 is 1. The van der Waals surface area contributed by atoms with Crippen molar-refractivity contribution in [3.8, 4) is 5.75 Å². The maximum atomic E-state index is 9.59. The summed E-state index contributed by atoms with van der Waals surface area (Å²) in [6, 6.07) is 3.48. The molecule has 78 valence electrons. The Labute approximate surface area is 88.4 Å². The smallest absolute Gasteiger partial charge is 0.125 e. The summed E-state index contributed by atoms with van der Waals surface area (Å²) >= 11 is 5.94. The van der Waals surface area contributed by atoms with E-state index in [1.165, 1.54) is 0 Å². The summed E-state index contributed by atoms with van der Waals surface area (Å²) in [6.45, 7) is 2.03. The first-order valence-electron chi connectivity index (χ1n) is 4.32. The summed E-state index contributed by atoms with van der Waals surface area (Å²) in [5.74, 6) is 0.616. The molecular weight excluding hydrogens is 202 g/mol. The summed E-state index contributed by atoms with van der Waals surface area (Å²) in [7, 11) is 1.55. The second-order valence-electron chi connectivity index (χ2n) is 3.09. The molecule has 4 heteroatoms. The molecule has 0 aromatic heterocycles. The summed E-state index contributed by atoms with van der Waals surface area (Å²) in [5, 5.41) is 10.2. The van der Waals surface area contributed by atoms with Gasteiger partial charge in [0.25, 0.3) is 0 Å². The van der Waals surface area contributed by atoms with Crippen molar-refractivity contribution < 1.29 is 9.84 Å². The van der Waals surface area contributed by atoms with E-state index in [-0.39, 0.29) is 6.54 Å². The predicted octanol–water partition coefficient (Wildman–Crippen LogP) is 1.65. The van der Waals surface area contributed by atoms with Crippen LogP contribution >= 0.6 is 11.6 Å². The first-order valence-corrected chi connectivity index (χ1v) is 4.70. The Morgan fingerprint density at radius 2 is 2.21 bits per heavy atom. The monoisotopic (exact) mass is 215 g/mol. The van der Waals surface area contributed by atoms with Crippen molar-refractivity contribution in [3.63, 3.8) is 0 Å². The molecule has 0 saturated heterocycles. The van der Waals surface area contributed by atoms with Gasteiger partial charge in [0.1, 0.15) is 5.75 Å². The van der Waals surface area contributed by atoms with Crippen molar-refractivity contribution in [1.29, 1.82) is 0 Å². The highest BCUT2D eigenvalue weighted by atomic mass is 35.5. The minimum Gasteiger partial charge on any atom is -0.496 e. The van der Waals surface area contributed by atoms with Crippen LogP contribution in [0.3, 0.4) is 0 Å². The number of benzene rings is 1. The summed E-state index contributed by atoms with van der Waals surface area (Å²) in [5.41, 5.74) is 6.91. The van der Waals surface area contributed by atoms with Gasteiger partial charge in [-0.05, 0) is 24.6 Å². The first kappa shape index (κ1) is 11.3. The molecule has 0 heterocycles. The Morgan fingerprint density at radius 3 is 2.71 bits per heavy atom. The lowest BCUT2D eigenvalue weighted by Crippen LogP contribution is -2.12. The number of ether oxygens (including phenoxy) is 1. The zero-order chi connectivity index (χ0) is 10.7. The number of hydrogen-bond acceptors (Lipinski definition) is 3. The largest absolute Gasteiger partial charge is 0.496 e. The Kier molecular flexibility index (Phi) is 3.75. The van der Waals surface area contributed by atoms with Gasteiger partial charge < -0.3 is 15.6 Å². The number of nitrogens with two attached hydrogens (primary N) is 1. The van der Waals surface area contributed by atoms with Crippen molar-refractivity contribution in [2.75, 3.05) is 13.7 Å². The Balaban J connectivity index is 3.19. The molecule has 0 bridgehead atoms. The highest BCUT2D eigenvalue weighted by Crippen LogP contribution is 2.30. The fourth-order valence-electron chi connectivity index (χ4n) is 1.23. The topological polar surface area (TPSA) is 55.5 Å². The van der Waals surface area contributed by atoms with Gasteiger partial charge in [-0.15, -0.1) is 0 Å². The summed E-state index contributed by atoms with van der Waals surface area (Å²) < 4.78 is 5.13. The molecule has 0 fully saturated rings. The van der Waals surface area contributed by atoms with Crippen molar-refractivity contribution in [3.05, 3.63) is 28.3 Å². The molecule has 0 amide bonds. The van der Waals surface area contributed by atoms with Crippen molar-refractivity contribution in [1.82, 2.24) is 0 Å². The summed E-state index contributed by atoms with van der Waals surface area (Å²) in [4.78, 5) is 0. The van der Waals surface area contributed by atoms with Crippen molar-refractivity contribution >= 4 is 11.6 Å². The fraction of sp³-hybridized carbons (Fsp3) is 0.400. The van der Waals surface area contributed by atoms with Crippen LogP contribution in [0.15, 0.2) is 12.1 Å². The number of aryl methyl sites for hydroxylation is 1. The molecule has 1 rings (SSSR count). The van der Waals surface area contributed by atoms with Crippen LogP contribution in [0.2, 0.25) is 5.02 Å². The van der Waals surface area contributed by atoms with Crippen LogP contribution in [0.1, 0.15) is 17.2 Å². The van der Waals surface area contributed by atoms with E-state index in [0.29, 0.717) is 16.3 Å². The molecule has 1 aromatic carbocycles. The Bertz CT molecular complexity index is 328. The normalized spacial score (nSPS) is 12.6. The maximum absolute atomic E-state index is 9.59. The molecule has 0 aliphatic carbocycles. The van der Waals surface area contributed by atoms with Gasteiger partial charge in [-0.1, -0.05) is 11.6 Å². The van der Waals surface area contributed by atoms with Gasteiger partial charge in [-0.3, -0.25) is 0 Å². The molecule has 0 aliphatic heterocycles. The van der Waals surface area contributed by atoms with Crippen LogP contribution < -0.4 is 10.5 Å². The lowest BCUT2D eigenvalue weighted by atomic mass is 10.1. The molecule has 1 atom stereocenters. The van der Waals surface area contributed by atoms with Crippen molar-refractivity contribution in [2.24, 2.45) is 5.73 Å². The molecule has 0 aliphatic rings. The van der Waals surface area contributed by atoms with E-state index in [2.05, 4.69) is 0 Å². The number of rotatable bonds is 3. The van der Waals surface area contributed by atoms with Gasteiger partial charge in [0.2, 0.25) is 0 Å². The standard InChI is InChI=1S/C10H14ClNO2/c1-6-3-10(14-2)7(4-8(6)11)9(13)5-12/h3-4,9,13H,5,12H2,1-2H3. The second-order valence-corrected chi connectivity index (χ2v) is 3.50. The van der Waals surface area contributed by atoms with Gasteiger partial charge >= 0.3 is 0 Å². The molecular formula is C10H14ClNO2. The second kappa shape index (κ2) is 4.64. The van der Waals surface area contributed by atoms with Gasteiger partial charge in [-0.25, -0.2) is 0 Å². The zero-order valence-electron chi connectivity index (χ0n) is 8.25. The molecule has 3 nitrogen and oxygen atoms in total. The van der Waals surface area contributed by atoms with E-state index in [0.717, 1.165) is 5.56 Å². The van der Waals surface area contributed by atoms with Gasteiger partial charge in [0.15, 0.2) is 0 Å². The minimum absolute atomic E-state index is 0.149. The van der Waals surface area contributed by atoms with Crippen LogP contribution in [0, 0.1) is 6.92 Å². The van der Waals surface area contributed by atoms with E-state index in [4.69, 9.17) is 22.1 Å². The van der Waals surface area contributed by atoms with Crippen LogP contribution in [0.5, 0.6) is 5.75 Å². The average molecular weight is 216 g/mol. The first-order chi connectivity index (χ1) is 6.60. The van der Waals surface area contributed by atoms with E-state index in [9.17, 15) is 5.11 Å². The van der Waals surface area contributed by atoms with Crippen LogP contribution in [0.4, 0.5) is 0 Å². The SMILES string of the molecule is COc1cc(C)c(Cl)cc1C(O)CN. The highest BCUT2D eigenvalue weighted by molar-refractivity contribution is 6.31. The van der Waals surface area contributed by atoms with E-state index >= 15 is 0 Å². The third-order valence-electron chi connectivity index (χ3n) is 2.09. The average Bonchev–Trinajstić information content (AvgIpc) is 2.20. The highest BCUT2D eigenvalue weighted by Gasteiger charge is 2.13. The van der Waals surface area contributed by atoms with Crippen molar-refractivity contribution in [2.45, 2.75) is 13.0 Å². The molecule has 14 heavy (non-hydrogen) atoms. The number of hydrogen-bond donors (Lipinski definition) is 2. The van der Waals surface area contributed by atoms with Crippen LogP contribution in [0.25, 0.3) is 0 Å². The quantitative estimate of drug-likeness (QED) is 0.806. The lowest BCUT2D eigenvalue weighted by molar-refractivity contribution is 0.182. The van der Waals surface area contributed by atoms with Crippen LogP contribution in [-0.2, 0) is 0 Å². The molecule has 3 N–H and O–H groups in total.